The zero-order valence-corrected chi connectivity index (χ0v) is 9.73. The molecule has 0 bridgehead atoms. The van der Waals surface area contributed by atoms with Gasteiger partial charge >= 0.3 is 0 Å². The molecule has 1 nitrogen and oxygen atoms in total. The fraction of sp³-hybridized carbons (Fsp3) is 1.00. The number of hydrogen-bond donors (Lipinski definition) is 0. The lowest BCUT2D eigenvalue weighted by Gasteiger charge is -2.36. The molecule has 2 heteroatoms. The molecule has 1 rings (SSSR count). The molecule has 0 radical (unpaired) electrons. The van der Waals surface area contributed by atoms with Crippen LogP contribution in [0.1, 0.15) is 46.5 Å². The highest BCUT2D eigenvalue weighted by Crippen LogP contribution is 2.32. The van der Waals surface area contributed by atoms with E-state index in [0.717, 1.165) is 31.8 Å². The maximum Gasteiger partial charge on any atom is 0.0668 e. The standard InChI is InChI=1S/C11H21ClO/c1-9(2)4-6-11(3)8-10(12)5-7-13-11/h9-10H,4-8H2,1-3H3. The summed E-state index contributed by atoms with van der Waals surface area (Å²) < 4.78 is 5.80. The summed E-state index contributed by atoms with van der Waals surface area (Å²) in [7, 11) is 0. The first-order valence-corrected chi connectivity index (χ1v) is 5.73. The summed E-state index contributed by atoms with van der Waals surface area (Å²) in [4.78, 5) is 0. The summed E-state index contributed by atoms with van der Waals surface area (Å²) in [6.07, 6.45) is 4.41. The van der Waals surface area contributed by atoms with Crippen molar-refractivity contribution in [3.8, 4) is 0 Å². The number of halogens is 1. The Morgan fingerprint density at radius 3 is 2.77 bits per heavy atom. The quantitative estimate of drug-likeness (QED) is 0.639. The molecule has 13 heavy (non-hydrogen) atoms. The Morgan fingerprint density at radius 1 is 1.54 bits per heavy atom. The smallest absolute Gasteiger partial charge is 0.0668 e. The monoisotopic (exact) mass is 204 g/mol. The fourth-order valence-electron chi connectivity index (χ4n) is 1.83. The molecule has 0 aliphatic carbocycles. The van der Waals surface area contributed by atoms with Crippen molar-refractivity contribution < 1.29 is 4.74 Å². The number of alkyl halides is 1. The van der Waals surface area contributed by atoms with Crippen molar-refractivity contribution >= 4 is 11.6 Å². The maximum atomic E-state index is 6.14. The third-order valence-electron chi connectivity index (χ3n) is 2.79. The minimum absolute atomic E-state index is 0.0505. The lowest BCUT2D eigenvalue weighted by molar-refractivity contribution is -0.0709. The van der Waals surface area contributed by atoms with E-state index in [1.807, 2.05) is 0 Å². The minimum atomic E-state index is 0.0505. The Morgan fingerprint density at radius 2 is 2.23 bits per heavy atom. The first-order chi connectivity index (χ1) is 6.02. The van der Waals surface area contributed by atoms with Crippen molar-refractivity contribution in [2.75, 3.05) is 6.61 Å². The predicted molar refractivity (Wildman–Crippen MR) is 57.3 cm³/mol. The van der Waals surface area contributed by atoms with Crippen LogP contribution in [-0.2, 0) is 4.74 Å². The zero-order valence-electron chi connectivity index (χ0n) is 8.98. The van der Waals surface area contributed by atoms with Gasteiger partial charge in [0.1, 0.15) is 0 Å². The van der Waals surface area contributed by atoms with Gasteiger partial charge in [0.2, 0.25) is 0 Å². The van der Waals surface area contributed by atoms with Crippen molar-refractivity contribution in [3.05, 3.63) is 0 Å². The van der Waals surface area contributed by atoms with Crippen LogP contribution in [0, 0.1) is 5.92 Å². The van der Waals surface area contributed by atoms with Crippen LogP contribution in [0.4, 0.5) is 0 Å². The van der Waals surface area contributed by atoms with E-state index in [0.29, 0.717) is 5.38 Å². The molecule has 1 fully saturated rings. The van der Waals surface area contributed by atoms with E-state index >= 15 is 0 Å². The SMILES string of the molecule is CC(C)CCC1(C)CC(Cl)CCO1. The normalized spacial score (nSPS) is 35.3. The summed E-state index contributed by atoms with van der Waals surface area (Å²) in [5.74, 6) is 0.760. The predicted octanol–water partition coefficient (Wildman–Crippen LogP) is 3.60. The summed E-state index contributed by atoms with van der Waals surface area (Å²) in [6, 6.07) is 0. The average molecular weight is 205 g/mol. The van der Waals surface area contributed by atoms with Crippen LogP contribution in [-0.4, -0.2) is 17.6 Å². The van der Waals surface area contributed by atoms with Crippen molar-refractivity contribution in [2.45, 2.75) is 57.4 Å². The van der Waals surface area contributed by atoms with Crippen LogP contribution in [0.3, 0.4) is 0 Å². The molecule has 0 amide bonds. The van der Waals surface area contributed by atoms with Gasteiger partial charge in [-0.15, -0.1) is 11.6 Å². The third-order valence-corrected chi connectivity index (χ3v) is 3.16. The van der Waals surface area contributed by atoms with Gasteiger partial charge in [-0.25, -0.2) is 0 Å². The molecule has 0 aromatic rings. The summed E-state index contributed by atoms with van der Waals surface area (Å²) in [6.45, 7) is 7.54. The molecule has 1 saturated heterocycles. The first kappa shape index (κ1) is 11.3. The lowest BCUT2D eigenvalue weighted by Crippen LogP contribution is -2.37. The zero-order chi connectivity index (χ0) is 9.90. The highest BCUT2D eigenvalue weighted by Gasteiger charge is 2.31. The van der Waals surface area contributed by atoms with E-state index in [-0.39, 0.29) is 5.60 Å². The Kier molecular flexibility index (Phi) is 4.06. The van der Waals surface area contributed by atoms with Crippen molar-refractivity contribution in [2.24, 2.45) is 5.92 Å². The van der Waals surface area contributed by atoms with Gasteiger partial charge < -0.3 is 4.74 Å². The van der Waals surface area contributed by atoms with Crippen LogP contribution < -0.4 is 0 Å². The Labute approximate surface area is 86.8 Å². The van der Waals surface area contributed by atoms with E-state index in [9.17, 15) is 0 Å². The van der Waals surface area contributed by atoms with Crippen LogP contribution in [0.2, 0.25) is 0 Å². The number of ether oxygens (including phenoxy) is 1. The van der Waals surface area contributed by atoms with Crippen molar-refractivity contribution in [3.63, 3.8) is 0 Å². The molecule has 2 atom stereocenters. The summed E-state index contributed by atoms with van der Waals surface area (Å²) in [5.41, 5.74) is 0.0505. The third kappa shape index (κ3) is 3.86. The first-order valence-electron chi connectivity index (χ1n) is 5.30. The van der Waals surface area contributed by atoms with Crippen LogP contribution in [0.15, 0.2) is 0 Å². The molecule has 0 aromatic carbocycles. The highest BCUT2D eigenvalue weighted by atomic mass is 35.5. The van der Waals surface area contributed by atoms with Gasteiger partial charge in [0.15, 0.2) is 0 Å². The largest absolute Gasteiger partial charge is 0.375 e. The van der Waals surface area contributed by atoms with E-state index in [1.165, 1.54) is 6.42 Å². The van der Waals surface area contributed by atoms with Gasteiger partial charge in [0.05, 0.1) is 5.60 Å². The van der Waals surface area contributed by atoms with Gasteiger partial charge in [-0.05, 0) is 38.5 Å². The Bertz CT molecular complexity index is 158. The van der Waals surface area contributed by atoms with Crippen LogP contribution in [0.5, 0.6) is 0 Å². The van der Waals surface area contributed by atoms with Crippen molar-refractivity contribution in [1.82, 2.24) is 0 Å². The topological polar surface area (TPSA) is 9.23 Å². The average Bonchev–Trinajstić information content (AvgIpc) is 2.01. The molecular formula is C11H21ClO. The Balaban J connectivity index is 2.35. The fourth-order valence-corrected chi connectivity index (χ4v) is 2.25. The molecule has 0 N–H and O–H groups in total. The minimum Gasteiger partial charge on any atom is -0.375 e. The maximum absolute atomic E-state index is 6.14. The number of rotatable bonds is 3. The molecule has 78 valence electrons. The molecule has 1 aliphatic heterocycles. The van der Waals surface area contributed by atoms with Gasteiger partial charge in [0.25, 0.3) is 0 Å². The lowest BCUT2D eigenvalue weighted by atomic mass is 9.88. The van der Waals surface area contributed by atoms with E-state index in [2.05, 4.69) is 20.8 Å². The molecule has 1 heterocycles. The summed E-state index contributed by atoms with van der Waals surface area (Å²) in [5, 5.41) is 0.325. The van der Waals surface area contributed by atoms with Gasteiger partial charge in [-0.2, -0.15) is 0 Å². The van der Waals surface area contributed by atoms with Gasteiger partial charge in [-0.3, -0.25) is 0 Å². The molecule has 0 spiro atoms. The molecular weight excluding hydrogens is 184 g/mol. The second kappa shape index (κ2) is 4.65. The van der Waals surface area contributed by atoms with Gasteiger partial charge in [0, 0.05) is 12.0 Å². The van der Waals surface area contributed by atoms with E-state index in [4.69, 9.17) is 16.3 Å². The molecule has 2 unspecified atom stereocenters. The highest BCUT2D eigenvalue weighted by molar-refractivity contribution is 6.20. The van der Waals surface area contributed by atoms with Crippen LogP contribution >= 0.6 is 11.6 Å². The molecule has 1 aliphatic rings. The number of hydrogen-bond acceptors (Lipinski definition) is 1. The second-order valence-corrected chi connectivity index (χ2v) is 5.44. The molecule has 0 aromatic heterocycles. The second-order valence-electron chi connectivity index (χ2n) is 4.82. The molecule has 0 saturated carbocycles. The van der Waals surface area contributed by atoms with Crippen molar-refractivity contribution in [1.29, 1.82) is 0 Å². The van der Waals surface area contributed by atoms with E-state index in [1.54, 1.807) is 0 Å². The summed E-state index contributed by atoms with van der Waals surface area (Å²) >= 11 is 6.14. The van der Waals surface area contributed by atoms with Gasteiger partial charge in [-0.1, -0.05) is 13.8 Å². The van der Waals surface area contributed by atoms with Crippen LogP contribution in [0.25, 0.3) is 0 Å². The Hall–Kier alpha value is 0.250. The van der Waals surface area contributed by atoms with E-state index < -0.39 is 0 Å².